The molecule has 0 bridgehead atoms. The van der Waals surface area contributed by atoms with E-state index in [-0.39, 0.29) is 37.8 Å². The highest BCUT2D eigenvalue weighted by atomic mass is 16.5. The maximum absolute atomic E-state index is 12.7. The molecular weight excluding hydrogens is 472 g/mol. The predicted octanol–water partition coefficient (Wildman–Crippen LogP) is 3.88. The Morgan fingerprint density at radius 1 is 0.892 bits per heavy atom. The second-order valence-corrected chi connectivity index (χ2v) is 8.89. The Morgan fingerprint density at radius 2 is 1.49 bits per heavy atom. The Bertz CT molecular complexity index is 1270. The van der Waals surface area contributed by atoms with Crippen LogP contribution in [0.15, 0.2) is 72.8 Å². The van der Waals surface area contributed by atoms with E-state index in [0.717, 1.165) is 22.3 Å². The predicted molar refractivity (Wildman–Crippen MR) is 137 cm³/mol. The van der Waals surface area contributed by atoms with Gasteiger partial charge in [0.1, 0.15) is 13.2 Å². The van der Waals surface area contributed by atoms with Gasteiger partial charge in [0.2, 0.25) is 5.91 Å². The second-order valence-electron chi connectivity index (χ2n) is 8.89. The summed E-state index contributed by atoms with van der Waals surface area (Å²) in [6, 6.07) is 22.7. The van der Waals surface area contributed by atoms with Crippen LogP contribution >= 0.6 is 0 Å². The van der Waals surface area contributed by atoms with Gasteiger partial charge >= 0.3 is 12.1 Å². The zero-order valence-corrected chi connectivity index (χ0v) is 20.5. The molecule has 8 nitrogen and oxygen atoms in total. The molecule has 3 aromatic rings. The molecule has 3 aromatic carbocycles. The van der Waals surface area contributed by atoms with Crippen molar-refractivity contribution in [3.8, 4) is 11.1 Å². The number of hydrogen-bond donors (Lipinski definition) is 2. The number of fused-ring (bicyclic) bond motifs is 3. The van der Waals surface area contributed by atoms with Crippen molar-refractivity contribution in [3.05, 3.63) is 95.1 Å². The second kappa shape index (κ2) is 11.5. The van der Waals surface area contributed by atoms with Crippen LogP contribution in [0.25, 0.3) is 11.1 Å². The molecule has 0 radical (unpaired) electrons. The summed E-state index contributed by atoms with van der Waals surface area (Å²) in [4.78, 5) is 49.0. The number of nitrogens with zero attached hydrogens (tertiary/aromatic N) is 1. The topological polar surface area (TPSA) is 113 Å². The van der Waals surface area contributed by atoms with Crippen LogP contribution in [-0.4, -0.2) is 60.0 Å². The lowest BCUT2D eigenvalue weighted by Crippen LogP contribution is -2.42. The molecule has 8 heteroatoms. The number of carboxylic acids is 1. The number of carbonyl (C=O) groups is 4. The molecule has 4 rings (SSSR count). The zero-order valence-electron chi connectivity index (χ0n) is 20.5. The third-order valence-corrected chi connectivity index (χ3v) is 6.39. The maximum Gasteiger partial charge on any atom is 0.407 e. The fourth-order valence-electron chi connectivity index (χ4n) is 4.54. The summed E-state index contributed by atoms with van der Waals surface area (Å²) in [5.74, 6) is -1.70. The normalized spacial score (nSPS) is 11.8. The van der Waals surface area contributed by atoms with Crippen molar-refractivity contribution in [2.45, 2.75) is 19.3 Å². The van der Waals surface area contributed by atoms with Gasteiger partial charge in [0, 0.05) is 24.6 Å². The van der Waals surface area contributed by atoms with E-state index in [1.807, 2.05) is 36.4 Å². The average molecular weight is 501 g/mol. The van der Waals surface area contributed by atoms with E-state index in [9.17, 15) is 24.3 Å². The van der Waals surface area contributed by atoms with E-state index in [1.54, 1.807) is 24.3 Å². The number of ketones is 1. The van der Waals surface area contributed by atoms with Crippen LogP contribution < -0.4 is 5.32 Å². The van der Waals surface area contributed by atoms with Crippen molar-refractivity contribution in [1.29, 1.82) is 0 Å². The summed E-state index contributed by atoms with van der Waals surface area (Å²) in [6.07, 6.45) is -0.652. The fourth-order valence-corrected chi connectivity index (χ4v) is 4.54. The first-order valence-electron chi connectivity index (χ1n) is 12.0. The highest BCUT2D eigenvalue weighted by molar-refractivity contribution is 5.94. The molecule has 0 spiro atoms. The van der Waals surface area contributed by atoms with Crippen LogP contribution in [0.2, 0.25) is 0 Å². The van der Waals surface area contributed by atoms with Crippen molar-refractivity contribution in [2.75, 3.05) is 26.2 Å². The number of alkyl carbamates (subject to hydrolysis) is 1. The van der Waals surface area contributed by atoms with Crippen LogP contribution in [0.4, 0.5) is 4.79 Å². The van der Waals surface area contributed by atoms with Crippen LogP contribution in [-0.2, 0) is 20.7 Å². The van der Waals surface area contributed by atoms with Crippen LogP contribution in [0.1, 0.15) is 39.9 Å². The molecule has 0 fully saturated rings. The van der Waals surface area contributed by atoms with Crippen molar-refractivity contribution in [3.63, 3.8) is 0 Å². The lowest BCUT2D eigenvalue weighted by Gasteiger charge is -2.21. The largest absolute Gasteiger partial charge is 0.480 e. The molecule has 37 heavy (non-hydrogen) atoms. The molecular formula is C29H28N2O6. The molecule has 190 valence electrons. The minimum atomic E-state index is -1.15. The molecule has 0 atom stereocenters. The number of nitrogens with one attached hydrogen (secondary N) is 1. The standard InChI is InChI=1S/C29H28N2O6/c1-19(32)21-12-10-20(11-13-21)16-27(33)31(17-28(34)35)15-14-30-29(36)37-18-26-24-8-4-2-6-22(24)23-7-3-5-9-25(23)26/h2-13,26H,14-18H2,1H3,(H,30,36)(H,34,35). The van der Waals surface area contributed by atoms with Gasteiger partial charge in [0.25, 0.3) is 0 Å². The van der Waals surface area contributed by atoms with Crippen molar-refractivity contribution >= 4 is 23.8 Å². The van der Waals surface area contributed by atoms with Gasteiger partial charge in [-0.2, -0.15) is 0 Å². The number of carboxylic acid groups (broad SMARTS) is 1. The Labute approximate surface area is 214 Å². The van der Waals surface area contributed by atoms with E-state index in [0.29, 0.717) is 11.1 Å². The molecule has 2 amide bonds. The summed E-state index contributed by atoms with van der Waals surface area (Å²) >= 11 is 0. The van der Waals surface area contributed by atoms with E-state index in [2.05, 4.69) is 17.4 Å². The highest BCUT2D eigenvalue weighted by Crippen LogP contribution is 2.44. The minimum Gasteiger partial charge on any atom is -0.480 e. The third-order valence-electron chi connectivity index (χ3n) is 6.39. The molecule has 0 unspecified atom stereocenters. The Kier molecular flexibility index (Phi) is 7.98. The van der Waals surface area contributed by atoms with E-state index in [1.165, 1.54) is 11.8 Å². The molecule has 1 aliphatic carbocycles. The summed E-state index contributed by atoms with van der Waals surface area (Å²) in [7, 11) is 0. The van der Waals surface area contributed by atoms with Gasteiger partial charge in [0.05, 0.1) is 6.42 Å². The number of ether oxygens (including phenoxy) is 1. The zero-order chi connectivity index (χ0) is 26.4. The molecule has 0 saturated heterocycles. The highest BCUT2D eigenvalue weighted by Gasteiger charge is 2.29. The quantitative estimate of drug-likeness (QED) is 0.409. The van der Waals surface area contributed by atoms with Crippen LogP contribution in [0.3, 0.4) is 0 Å². The van der Waals surface area contributed by atoms with Gasteiger partial charge in [-0.25, -0.2) is 4.79 Å². The number of Topliss-reactive ketones (excluding diaryl/α,β-unsaturated/α-hetero) is 1. The first kappa shape index (κ1) is 25.6. The van der Waals surface area contributed by atoms with Gasteiger partial charge in [-0.1, -0.05) is 72.8 Å². The van der Waals surface area contributed by atoms with Gasteiger partial charge in [-0.3, -0.25) is 14.4 Å². The van der Waals surface area contributed by atoms with Crippen LogP contribution in [0, 0.1) is 0 Å². The molecule has 0 saturated carbocycles. The van der Waals surface area contributed by atoms with Crippen molar-refractivity contribution in [1.82, 2.24) is 10.2 Å². The SMILES string of the molecule is CC(=O)c1ccc(CC(=O)N(CCNC(=O)OCC2c3ccccc3-c3ccccc32)CC(=O)O)cc1. The molecule has 0 aromatic heterocycles. The summed E-state index contributed by atoms with van der Waals surface area (Å²) in [5.41, 5.74) is 5.66. The number of aliphatic carboxylic acids is 1. The van der Waals surface area contributed by atoms with Gasteiger partial charge < -0.3 is 20.1 Å². The van der Waals surface area contributed by atoms with E-state index >= 15 is 0 Å². The molecule has 0 heterocycles. The third kappa shape index (κ3) is 6.22. The Morgan fingerprint density at radius 3 is 2.05 bits per heavy atom. The van der Waals surface area contributed by atoms with Gasteiger partial charge in [-0.15, -0.1) is 0 Å². The van der Waals surface area contributed by atoms with E-state index in [4.69, 9.17) is 4.74 Å². The van der Waals surface area contributed by atoms with E-state index < -0.39 is 24.5 Å². The number of benzene rings is 3. The number of carbonyl (C=O) groups excluding carboxylic acids is 3. The first-order valence-corrected chi connectivity index (χ1v) is 12.0. The summed E-state index contributed by atoms with van der Waals surface area (Å²) in [5, 5.41) is 11.8. The smallest absolute Gasteiger partial charge is 0.407 e. The number of amides is 2. The summed E-state index contributed by atoms with van der Waals surface area (Å²) < 4.78 is 5.49. The minimum absolute atomic E-state index is 0.0147. The van der Waals surface area contributed by atoms with Crippen molar-refractivity contribution in [2.24, 2.45) is 0 Å². The number of hydrogen-bond acceptors (Lipinski definition) is 5. The monoisotopic (exact) mass is 500 g/mol. The summed E-state index contributed by atoms with van der Waals surface area (Å²) in [6.45, 7) is 1.18. The first-order chi connectivity index (χ1) is 17.8. The average Bonchev–Trinajstić information content (AvgIpc) is 3.20. The molecule has 0 aliphatic heterocycles. The van der Waals surface area contributed by atoms with Gasteiger partial charge in [-0.05, 0) is 34.7 Å². The fraction of sp³-hybridized carbons (Fsp3) is 0.241. The molecule has 1 aliphatic rings. The molecule has 2 N–H and O–H groups in total. The maximum atomic E-state index is 12.7. The Hall–Kier alpha value is -4.46. The number of rotatable bonds is 10. The Balaban J connectivity index is 1.30. The van der Waals surface area contributed by atoms with Crippen molar-refractivity contribution < 1.29 is 29.0 Å². The lowest BCUT2D eigenvalue weighted by atomic mass is 9.98. The van der Waals surface area contributed by atoms with Gasteiger partial charge in [0.15, 0.2) is 5.78 Å². The lowest BCUT2D eigenvalue weighted by molar-refractivity contribution is -0.144. The van der Waals surface area contributed by atoms with Crippen LogP contribution in [0.5, 0.6) is 0 Å².